The normalized spacial score (nSPS) is 11.4. The molecule has 0 atom stereocenters. The summed E-state index contributed by atoms with van der Waals surface area (Å²) in [5, 5.41) is 0. The Kier molecular flexibility index (Phi) is 13.4. The van der Waals surface area contributed by atoms with Gasteiger partial charge < -0.3 is 4.74 Å². The minimum Gasteiger partial charge on any atom is -0.490 e. The molecule has 0 heterocycles. The average molecular weight is 341 g/mol. The molecule has 0 aromatic heterocycles. The van der Waals surface area contributed by atoms with Gasteiger partial charge in [-0.25, -0.2) is 0 Å². The zero-order chi connectivity index (χ0) is 18.0. The van der Waals surface area contributed by atoms with Crippen LogP contribution < -0.4 is 4.74 Å². The molecule has 1 aromatic rings. The van der Waals surface area contributed by atoms with Gasteiger partial charge in [-0.15, -0.1) is 0 Å². The third-order valence-electron chi connectivity index (χ3n) is 4.16. The van der Waals surface area contributed by atoms with E-state index in [0.29, 0.717) is 6.61 Å². The first kappa shape index (κ1) is 21.3. The Morgan fingerprint density at radius 1 is 0.920 bits per heavy atom. The molecule has 0 radical (unpaired) electrons. The number of ether oxygens (including phenoxy) is 1. The fourth-order valence-corrected chi connectivity index (χ4v) is 2.74. The van der Waals surface area contributed by atoms with Gasteiger partial charge in [-0.05, 0) is 56.2 Å². The summed E-state index contributed by atoms with van der Waals surface area (Å²) in [6.45, 7) is 6.48. The first-order valence-corrected chi connectivity index (χ1v) is 9.99. The van der Waals surface area contributed by atoms with Gasteiger partial charge in [0.2, 0.25) is 0 Å². The van der Waals surface area contributed by atoms with Crippen LogP contribution in [0.2, 0.25) is 0 Å². The molecule has 0 saturated heterocycles. The van der Waals surface area contributed by atoms with E-state index in [1.807, 2.05) is 6.07 Å². The second-order valence-corrected chi connectivity index (χ2v) is 6.52. The molecule has 25 heavy (non-hydrogen) atoms. The molecule has 0 amide bonds. The van der Waals surface area contributed by atoms with Crippen molar-refractivity contribution in [3.63, 3.8) is 0 Å². The standard InChI is InChI=1S/C24H36O/c1-3-5-6-7-8-9-10-11-12-13-14-15-16-18-23-19-17-20-24(22-23)25-21-4-2/h4,6-7,9-10,17,19-20,22H,2-3,5,8,11-16,18,21H2,1H3/b7-6-,10-9-. The van der Waals surface area contributed by atoms with E-state index < -0.39 is 0 Å². The lowest BCUT2D eigenvalue weighted by molar-refractivity contribution is 0.363. The summed E-state index contributed by atoms with van der Waals surface area (Å²) >= 11 is 0. The minimum absolute atomic E-state index is 0.576. The number of aryl methyl sites for hydroxylation is 1. The predicted molar refractivity (Wildman–Crippen MR) is 111 cm³/mol. The molecule has 0 unspecified atom stereocenters. The zero-order valence-electron chi connectivity index (χ0n) is 16.1. The Morgan fingerprint density at radius 2 is 1.68 bits per heavy atom. The molecule has 1 heteroatoms. The molecule has 0 fully saturated rings. The van der Waals surface area contributed by atoms with Gasteiger partial charge in [0.25, 0.3) is 0 Å². The van der Waals surface area contributed by atoms with E-state index in [9.17, 15) is 0 Å². The van der Waals surface area contributed by atoms with E-state index in [4.69, 9.17) is 4.74 Å². The number of hydrogen-bond donors (Lipinski definition) is 0. The van der Waals surface area contributed by atoms with Gasteiger partial charge >= 0.3 is 0 Å². The first-order chi connectivity index (χ1) is 12.4. The van der Waals surface area contributed by atoms with Gasteiger partial charge in [0.1, 0.15) is 12.4 Å². The SMILES string of the molecule is C=CCOc1cccc(CCCCCCC/C=C\C/C=C\CCC)c1. The number of unbranched alkanes of at least 4 members (excludes halogenated alkanes) is 6. The Bertz CT molecular complexity index is 499. The Balaban J connectivity index is 2.00. The van der Waals surface area contributed by atoms with Crippen molar-refractivity contribution < 1.29 is 4.74 Å². The van der Waals surface area contributed by atoms with Crippen LogP contribution in [-0.4, -0.2) is 6.61 Å². The summed E-state index contributed by atoms with van der Waals surface area (Å²) in [4.78, 5) is 0. The van der Waals surface area contributed by atoms with Crippen molar-refractivity contribution in [1.82, 2.24) is 0 Å². The Morgan fingerprint density at radius 3 is 2.48 bits per heavy atom. The van der Waals surface area contributed by atoms with Crippen molar-refractivity contribution in [2.24, 2.45) is 0 Å². The molecule has 1 rings (SSSR count). The van der Waals surface area contributed by atoms with Crippen LogP contribution in [0.25, 0.3) is 0 Å². The van der Waals surface area contributed by atoms with Crippen molar-refractivity contribution in [2.75, 3.05) is 6.61 Å². The van der Waals surface area contributed by atoms with E-state index in [2.05, 4.69) is 56.0 Å². The van der Waals surface area contributed by atoms with E-state index in [-0.39, 0.29) is 0 Å². The first-order valence-electron chi connectivity index (χ1n) is 9.99. The average Bonchev–Trinajstić information content (AvgIpc) is 2.64. The van der Waals surface area contributed by atoms with Gasteiger partial charge in [0, 0.05) is 0 Å². The van der Waals surface area contributed by atoms with Crippen molar-refractivity contribution in [3.8, 4) is 5.75 Å². The maximum atomic E-state index is 5.59. The van der Waals surface area contributed by atoms with Crippen LogP contribution in [0.15, 0.2) is 61.2 Å². The third-order valence-corrected chi connectivity index (χ3v) is 4.16. The molecule has 0 N–H and O–H groups in total. The molecule has 1 nitrogen and oxygen atoms in total. The Hall–Kier alpha value is -1.76. The van der Waals surface area contributed by atoms with Gasteiger partial charge in [-0.3, -0.25) is 0 Å². The van der Waals surface area contributed by atoms with E-state index in [1.54, 1.807) is 6.08 Å². The summed E-state index contributed by atoms with van der Waals surface area (Å²) in [5.74, 6) is 0.953. The lowest BCUT2D eigenvalue weighted by Gasteiger charge is -2.06. The van der Waals surface area contributed by atoms with Gasteiger partial charge in [-0.1, -0.05) is 81.7 Å². The topological polar surface area (TPSA) is 9.23 Å². The van der Waals surface area contributed by atoms with Crippen molar-refractivity contribution in [2.45, 2.75) is 71.1 Å². The molecular weight excluding hydrogens is 304 g/mol. The van der Waals surface area contributed by atoms with Gasteiger partial charge in [0.05, 0.1) is 0 Å². The third kappa shape index (κ3) is 12.3. The van der Waals surface area contributed by atoms with Gasteiger partial charge in [-0.2, -0.15) is 0 Å². The van der Waals surface area contributed by atoms with Crippen LogP contribution in [0, 0.1) is 0 Å². The van der Waals surface area contributed by atoms with Crippen LogP contribution in [-0.2, 0) is 6.42 Å². The highest BCUT2D eigenvalue weighted by Crippen LogP contribution is 2.16. The minimum atomic E-state index is 0.576. The summed E-state index contributed by atoms with van der Waals surface area (Å²) in [6, 6.07) is 8.45. The molecule has 138 valence electrons. The van der Waals surface area contributed by atoms with Crippen LogP contribution >= 0.6 is 0 Å². The number of rotatable bonds is 15. The lowest BCUT2D eigenvalue weighted by Crippen LogP contribution is -1.94. The molecule has 0 aliphatic carbocycles. The quantitative estimate of drug-likeness (QED) is 0.238. The molecule has 0 spiro atoms. The van der Waals surface area contributed by atoms with Crippen LogP contribution in [0.5, 0.6) is 5.75 Å². The molecule has 0 aliphatic rings. The molecule has 0 bridgehead atoms. The summed E-state index contributed by atoms with van der Waals surface area (Å²) in [6.07, 6.45) is 23.5. The number of hydrogen-bond acceptors (Lipinski definition) is 1. The van der Waals surface area contributed by atoms with E-state index in [1.165, 1.54) is 56.9 Å². The maximum Gasteiger partial charge on any atom is 0.120 e. The van der Waals surface area contributed by atoms with E-state index >= 15 is 0 Å². The smallest absolute Gasteiger partial charge is 0.120 e. The molecule has 0 aliphatic heterocycles. The molecular formula is C24H36O. The van der Waals surface area contributed by atoms with Crippen LogP contribution in [0.1, 0.15) is 70.3 Å². The second-order valence-electron chi connectivity index (χ2n) is 6.52. The summed E-state index contributed by atoms with van der Waals surface area (Å²) in [7, 11) is 0. The largest absolute Gasteiger partial charge is 0.490 e. The fourth-order valence-electron chi connectivity index (χ4n) is 2.74. The van der Waals surface area contributed by atoms with Crippen molar-refractivity contribution >= 4 is 0 Å². The molecule has 1 aromatic carbocycles. The predicted octanol–water partition coefficient (Wildman–Crippen LogP) is 7.44. The highest BCUT2D eigenvalue weighted by atomic mass is 16.5. The highest BCUT2D eigenvalue weighted by Gasteiger charge is 1.97. The molecule has 0 saturated carbocycles. The second kappa shape index (κ2) is 15.7. The van der Waals surface area contributed by atoms with Crippen molar-refractivity contribution in [3.05, 3.63) is 66.8 Å². The lowest BCUT2D eigenvalue weighted by atomic mass is 10.0. The van der Waals surface area contributed by atoms with Gasteiger partial charge in [0.15, 0.2) is 0 Å². The Labute approximate surface area is 155 Å². The van der Waals surface area contributed by atoms with Crippen LogP contribution in [0.4, 0.5) is 0 Å². The fraction of sp³-hybridized carbons (Fsp3) is 0.500. The van der Waals surface area contributed by atoms with Crippen LogP contribution in [0.3, 0.4) is 0 Å². The number of allylic oxidation sites excluding steroid dienone is 4. The maximum absolute atomic E-state index is 5.59. The summed E-state index contributed by atoms with van der Waals surface area (Å²) in [5.41, 5.74) is 1.38. The highest BCUT2D eigenvalue weighted by molar-refractivity contribution is 5.28. The van der Waals surface area contributed by atoms with Crippen molar-refractivity contribution in [1.29, 1.82) is 0 Å². The summed E-state index contributed by atoms with van der Waals surface area (Å²) < 4.78 is 5.59. The van der Waals surface area contributed by atoms with E-state index in [0.717, 1.165) is 18.6 Å². The number of benzene rings is 1. The monoisotopic (exact) mass is 340 g/mol. The zero-order valence-corrected chi connectivity index (χ0v) is 16.1.